The van der Waals surface area contributed by atoms with Crippen molar-refractivity contribution in [3.8, 4) is 11.5 Å². The van der Waals surface area contributed by atoms with Gasteiger partial charge in [0.15, 0.2) is 11.5 Å². The quantitative estimate of drug-likeness (QED) is 0.383. The maximum Gasteiger partial charge on any atom is 0.231 e. The molecule has 0 spiro atoms. The van der Waals surface area contributed by atoms with E-state index in [2.05, 4.69) is 104 Å². The Morgan fingerprint density at radius 2 is 1.47 bits per heavy atom. The van der Waals surface area contributed by atoms with Crippen molar-refractivity contribution in [1.82, 2.24) is 9.88 Å². The third-order valence-electron chi connectivity index (χ3n) is 8.47. The number of rotatable bonds is 4. The molecule has 3 aromatic carbocycles. The average Bonchev–Trinajstić information content (AvgIpc) is 3.49. The fourth-order valence-corrected chi connectivity index (χ4v) is 6.47. The summed E-state index contributed by atoms with van der Waals surface area (Å²) >= 11 is 0. The van der Waals surface area contributed by atoms with E-state index < -0.39 is 0 Å². The Morgan fingerprint density at radius 3 is 2.21 bits per heavy atom. The van der Waals surface area contributed by atoms with Crippen LogP contribution in [0.4, 0.5) is 0 Å². The van der Waals surface area contributed by atoms with Crippen LogP contribution in [0, 0.1) is 6.92 Å². The first-order valence-electron chi connectivity index (χ1n) is 12.2. The van der Waals surface area contributed by atoms with Crippen molar-refractivity contribution in [2.24, 2.45) is 0 Å². The number of hydrogen-bond acceptors (Lipinski definition) is 3. The topological polar surface area (TPSA) is 37.5 Å². The summed E-state index contributed by atoms with van der Waals surface area (Å²) in [5.41, 5.74) is 6.54. The maximum absolute atomic E-state index is 5.81. The third-order valence-corrected chi connectivity index (χ3v) is 8.47. The largest absolute Gasteiger partial charge is 0.454 e. The molecule has 0 saturated heterocycles. The lowest BCUT2D eigenvalue weighted by Crippen LogP contribution is -2.48. The fraction of sp³-hybridized carbons (Fsp3) is 0.333. The van der Waals surface area contributed by atoms with Gasteiger partial charge in [-0.3, -0.25) is 4.90 Å². The Balaban J connectivity index is 1.50. The number of nitrogens with one attached hydrogen (secondary N) is 1. The van der Waals surface area contributed by atoms with Gasteiger partial charge < -0.3 is 14.5 Å². The Bertz CT molecular complexity index is 1330. The van der Waals surface area contributed by atoms with Gasteiger partial charge in [-0.1, -0.05) is 54.6 Å². The number of H-pyrrole nitrogens is 1. The van der Waals surface area contributed by atoms with Crippen LogP contribution in [0.5, 0.6) is 11.5 Å². The van der Waals surface area contributed by atoms with E-state index in [1.54, 1.807) is 0 Å². The summed E-state index contributed by atoms with van der Waals surface area (Å²) in [4.78, 5) is 6.29. The highest BCUT2D eigenvalue weighted by Crippen LogP contribution is 2.54. The first-order chi connectivity index (χ1) is 16.5. The molecule has 1 aromatic heterocycles. The Hall–Kier alpha value is -3.24. The molecule has 4 nitrogen and oxygen atoms in total. The van der Waals surface area contributed by atoms with Gasteiger partial charge in [0.1, 0.15) is 0 Å². The molecule has 1 saturated carbocycles. The van der Waals surface area contributed by atoms with Gasteiger partial charge in [-0.2, -0.15) is 0 Å². The lowest BCUT2D eigenvalue weighted by molar-refractivity contribution is 0.0737. The summed E-state index contributed by atoms with van der Waals surface area (Å²) < 4.78 is 11.4. The molecule has 0 bridgehead atoms. The van der Waals surface area contributed by atoms with Crippen molar-refractivity contribution in [1.29, 1.82) is 0 Å². The van der Waals surface area contributed by atoms with Gasteiger partial charge in [-0.15, -0.1) is 0 Å². The molecule has 0 radical (unpaired) electrons. The lowest BCUT2D eigenvalue weighted by Gasteiger charge is -2.50. The molecule has 1 aliphatic carbocycles. The normalized spacial score (nSPS) is 24.1. The molecule has 1 N–H and O–H groups in total. The number of ether oxygens (including phenoxy) is 2. The molecule has 2 aliphatic rings. The van der Waals surface area contributed by atoms with Gasteiger partial charge in [0, 0.05) is 27.6 Å². The number of aromatic nitrogens is 1. The van der Waals surface area contributed by atoms with E-state index in [-0.39, 0.29) is 11.0 Å². The monoisotopic (exact) mass is 452 g/mol. The van der Waals surface area contributed by atoms with Crippen LogP contribution in [0.3, 0.4) is 0 Å². The van der Waals surface area contributed by atoms with E-state index >= 15 is 0 Å². The summed E-state index contributed by atoms with van der Waals surface area (Å²) in [5.74, 6) is 1.70. The van der Waals surface area contributed by atoms with Gasteiger partial charge in [0.2, 0.25) is 6.79 Å². The highest BCUT2D eigenvalue weighted by molar-refractivity contribution is 5.85. The van der Waals surface area contributed by atoms with Crippen LogP contribution in [0.15, 0.2) is 72.8 Å². The smallest absolute Gasteiger partial charge is 0.231 e. The van der Waals surface area contributed by atoms with Crippen LogP contribution in [0.25, 0.3) is 10.9 Å². The molecular formula is C30H32N2O2. The van der Waals surface area contributed by atoms with Crippen molar-refractivity contribution in [2.75, 3.05) is 20.9 Å². The molecule has 34 heavy (non-hydrogen) atoms. The number of aryl methyl sites for hydroxylation is 1. The second-order valence-corrected chi connectivity index (χ2v) is 10.1. The van der Waals surface area contributed by atoms with Crippen LogP contribution < -0.4 is 9.47 Å². The van der Waals surface area contributed by atoms with Crippen LogP contribution in [0.2, 0.25) is 0 Å². The summed E-state index contributed by atoms with van der Waals surface area (Å²) in [7, 11) is 4.46. The molecule has 0 amide bonds. The molecule has 1 aliphatic heterocycles. The van der Waals surface area contributed by atoms with Crippen molar-refractivity contribution < 1.29 is 9.47 Å². The van der Waals surface area contributed by atoms with Gasteiger partial charge in [-0.05, 0) is 81.6 Å². The van der Waals surface area contributed by atoms with Gasteiger partial charge in [0.25, 0.3) is 0 Å². The average molecular weight is 453 g/mol. The standard InChI is InChI=1S/C30H32N2O2/c1-21-24-11-7-8-12-25(24)31-28(21)29(23-13-14-26-27(19-23)34-20-33-26)15-17-30(18-16-29,32(2)3)22-9-5-4-6-10-22/h4-14,19,31H,15-18,20H2,1-3H3. The molecule has 174 valence electrons. The zero-order chi connectivity index (χ0) is 23.3. The summed E-state index contributed by atoms with van der Waals surface area (Å²) in [5, 5.41) is 1.31. The van der Waals surface area contributed by atoms with E-state index in [9.17, 15) is 0 Å². The third kappa shape index (κ3) is 3.08. The number of nitrogens with zero attached hydrogens (tertiary/aromatic N) is 1. The molecule has 1 fully saturated rings. The molecule has 2 heterocycles. The molecule has 0 atom stereocenters. The SMILES string of the molecule is Cc1c(C2(c3ccc4c(c3)OCO4)CCC(c3ccccc3)(N(C)C)CC2)[nH]c2ccccc12. The van der Waals surface area contributed by atoms with Gasteiger partial charge >= 0.3 is 0 Å². The minimum atomic E-state index is -0.113. The second kappa shape index (κ2) is 7.92. The molecule has 4 heteroatoms. The van der Waals surface area contributed by atoms with Crippen LogP contribution in [-0.4, -0.2) is 30.8 Å². The van der Waals surface area contributed by atoms with E-state index in [0.29, 0.717) is 6.79 Å². The van der Waals surface area contributed by atoms with Gasteiger partial charge in [0.05, 0.1) is 0 Å². The summed E-state index contributed by atoms with van der Waals surface area (Å²) in [6.45, 7) is 2.57. The first kappa shape index (κ1) is 21.3. The lowest BCUT2D eigenvalue weighted by atomic mass is 9.60. The zero-order valence-electron chi connectivity index (χ0n) is 20.2. The predicted molar refractivity (Wildman–Crippen MR) is 137 cm³/mol. The summed E-state index contributed by atoms with van der Waals surface area (Å²) in [6, 6.07) is 26.3. The number of hydrogen-bond donors (Lipinski definition) is 1. The van der Waals surface area contributed by atoms with E-state index in [1.165, 1.54) is 33.3 Å². The number of fused-ring (bicyclic) bond motifs is 2. The molecule has 4 aromatic rings. The highest BCUT2D eigenvalue weighted by Gasteiger charge is 2.48. The second-order valence-electron chi connectivity index (χ2n) is 10.1. The number of para-hydroxylation sites is 1. The fourth-order valence-electron chi connectivity index (χ4n) is 6.47. The van der Waals surface area contributed by atoms with Crippen molar-refractivity contribution in [2.45, 2.75) is 43.6 Å². The minimum absolute atomic E-state index is 0.0288. The summed E-state index contributed by atoms with van der Waals surface area (Å²) in [6.07, 6.45) is 4.25. The van der Waals surface area contributed by atoms with E-state index in [1.807, 2.05) is 0 Å². The van der Waals surface area contributed by atoms with Crippen molar-refractivity contribution in [3.63, 3.8) is 0 Å². The zero-order valence-corrected chi connectivity index (χ0v) is 20.2. The van der Waals surface area contributed by atoms with Crippen LogP contribution >= 0.6 is 0 Å². The molecule has 6 rings (SSSR count). The van der Waals surface area contributed by atoms with Crippen LogP contribution in [0.1, 0.15) is 48.1 Å². The molecular weight excluding hydrogens is 420 g/mol. The Morgan fingerprint density at radius 1 is 0.765 bits per heavy atom. The number of benzene rings is 3. The van der Waals surface area contributed by atoms with Crippen molar-refractivity contribution in [3.05, 3.63) is 95.2 Å². The van der Waals surface area contributed by atoms with Crippen molar-refractivity contribution >= 4 is 10.9 Å². The van der Waals surface area contributed by atoms with Crippen LogP contribution in [-0.2, 0) is 11.0 Å². The highest BCUT2D eigenvalue weighted by atomic mass is 16.7. The van der Waals surface area contributed by atoms with Gasteiger partial charge in [-0.25, -0.2) is 0 Å². The van der Waals surface area contributed by atoms with E-state index in [0.717, 1.165) is 37.2 Å². The minimum Gasteiger partial charge on any atom is -0.454 e. The Kier molecular flexibility index (Phi) is 4.96. The number of aromatic amines is 1. The Labute approximate surface area is 201 Å². The first-order valence-corrected chi connectivity index (χ1v) is 12.2. The molecule has 0 unspecified atom stereocenters. The van der Waals surface area contributed by atoms with E-state index in [4.69, 9.17) is 9.47 Å². The predicted octanol–water partition coefficient (Wildman–Crippen LogP) is 6.52. The maximum atomic E-state index is 5.81.